The Morgan fingerprint density at radius 1 is 1.56 bits per heavy atom. The molecule has 0 spiro atoms. The highest BCUT2D eigenvalue weighted by atomic mass is 16.2. The lowest BCUT2D eigenvalue weighted by Crippen LogP contribution is -2.49. The van der Waals surface area contributed by atoms with Gasteiger partial charge in [-0.2, -0.15) is 0 Å². The fourth-order valence-corrected chi connectivity index (χ4v) is 0.290. The summed E-state index contributed by atoms with van der Waals surface area (Å²) in [6.45, 7) is 1.25. The van der Waals surface area contributed by atoms with Crippen molar-refractivity contribution < 1.29 is 9.59 Å². The van der Waals surface area contributed by atoms with Crippen molar-refractivity contribution in [1.82, 2.24) is 5.32 Å². The molecular formula is C4H9N3O2. The minimum absolute atomic E-state index is 0.374. The normalized spacial score (nSPS) is 12.2. The number of hydrogen-bond acceptors (Lipinski definition) is 3. The van der Waals surface area contributed by atoms with Crippen molar-refractivity contribution in [2.45, 2.75) is 13.1 Å². The monoisotopic (exact) mass is 131 g/mol. The summed E-state index contributed by atoms with van der Waals surface area (Å²) in [5, 5.41) is 2.11. The predicted octanol–water partition coefficient (Wildman–Crippen LogP) is -2.11. The third-order valence-corrected chi connectivity index (χ3v) is 0.665. The third kappa shape index (κ3) is 3.48. The van der Waals surface area contributed by atoms with E-state index in [2.05, 4.69) is 5.32 Å². The maximum atomic E-state index is 10.2. The van der Waals surface area contributed by atoms with Crippen LogP contribution in [-0.2, 0) is 9.59 Å². The molecule has 5 heteroatoms. The molecule has 0 aliphatic heterocycles. The molecule has 0 aliphatic carbocycles. The number of carbonyl (C=O) groups excluding carboxylic acids is 2. The number of nitrogens with two attached hydrogens (primary N) is 2. The molecule has 0 aromatic heterocycles. The first kappa shape index (κ1) is 7.90. The summed E-state index contributed by atoms with van der Waals surface area (Å²) < 4.78 is 0. The highest BCUT2D eigenvalue weighted by Crippen LogP contribution is 1.67. The average Bonchev–Trinajstić information content (AvgIpc) is 1.63. The molecule has 0 saturated heterocycles. The van der Waals surface area contributed by atoms with Crippen molar-refractivity contribution in [2.75, 3.05) is 0 Å². The summed E-state index contributed by atoms with van der Waals surface area (Å²) in [5.74, 6) is -1.12. The van der Waals surface area contributed by atoms with Crippen molar-refractivity contribution in [3.8, 4) is 0 Å². The lowest BCUT2D eigenvalue weighted by atomic mass is 10.5. The molecule has 0 radical (unpaired) electrons. The first-order valence-electron chi connectivity index (χ1n) is 2.36. The van der Waals surface area contributed by atoms with E-state index in [1.54, 1.807) is 0 Å². The fourth-order valence-electron chi connectivity index (χ4n) is 0.290. The van der Waals surface area contributed by atoms with E-state index in [9.17, 15) is 9.59 Å². The minimum Gasteiger partial charge on any atom is -0.367 e. The Balaban J connectivity index is 3.63. The van der Waals surface area contributed by atoms with Gasteiger partial charge in [0.25, 0.3) is 5.91 Å². The second-order valence-electron chi connectivity index (χ2n) is 1.58. The van der Waals surface area contributed by atoms with Crippen LogP contribution in [0.15, 0.2) is 0 Å². The Labute approximate surface area is 52.4 Å². The second-order valence-corrected chi connectivity index (χ2v) is 1.58. The molecule has 0 heterocycles. The van der Waals surface area contributed by atoms with Gasteiger partial charge in [0, 0.05) is 6.92 Å². The number of primary amides is 1. The first-order valence-corrected chi connectivity index (χ1v) is 2.36. The molecule has 0 rings (SSSR count). The van der Waals surface area contributed by atoms with Crippen LogP contribution in [0.4, 0.5) is 0 Å². The highest BCUT2D eigenvalue weighted by Gasteiger charge is 2.07. The van der Waals surface area contributed by atoms with E-state index in [1.165, 1.54) is 6.92 Å². The molecule has 1 atom stereocenters. The highest BCUT2D eigenvalue weighted by molar-refractivity contribution is 5.84. The quantitative estimate of drug-likeness (QED) is 0.374. The zero-order chi connectivity index (χ0) is 7.44. The Morgan fingerprint density at radius 2 is 2.00 bits per heavy atom. The van der Waals surface area contributed by atoms with Crippen LogP contribution in [0.1, 0.15) is 6.92 Å². The van der Waals surface area contributed by atoms with Crippen molar-refractivity contribution in [1.29, 1.82) is 0 Å². The van der Waals surface area contributed by atoms with Gasteiger partial charge in [-0.05, 0) is 0 Å². The van der Waals surface area contributed by atoms with Gasteiger partial charge < -0.3 is 16.8 Å². The number of carbonyl (C=O) groups is 2. The predicted molar refractivity (Wildman–Crippen MR) is 31.0 cm³/mol. The van der Waals surface area contributed by atoms with Crippen LogP contribution in [0.25, 0.3) is 0 Å². The molecule has 5 nitrogen and oxygen atoms in total. The van der Waals surface area contributed by atoms with Crippen molar-refractivity contribution in [2.24, 2.45) is 11.5 Å². The number of amides is 2. The van der Waals surface area contributed by atoms with Crippen LogP contribution in [0.2, 0.25) is 0 Å². The van der Waals surface area contributed by atoms with Crippen molar-refractivity contribution in [3.63, 3.8) is 0 Å². The van der Waals surface area contributed by atoms with Gasteiger partial charge in [-0.3, -0.25) is 9.59 Å². The lowest BCUT2D eigenvalue weighted by molar-refractivity contribution is -0.126. The summed E-state index contributed by atoms with van der Waals surface area (Å²) in [7, 11) is 0. The van der Waals surface area contributed by atoms with Gasteiger partial charge >= 0.3 is 0 Å². The summed E-state index contributed by atoms with van der Waals surface area (Å²) in [5.41, 5.74) is 9.72. The zero-order valence-electron chi connectivity index (χ0n) is 5.05. The van der Waals surface area contributed by atoms with Crippen LogP contribution in [0.3, 0.4) is 0 Å². The molecule has 0 bridgehead atoms. The van der Waals surface area contributed by atoms with Gasteiger partial charge in [0.15, 0.2) is 6.17 Å². The van der Waals surface area contributed by atoms with Gasteiger partial charge in [0.05, 0.1) is 0 Å². The van der Waals surface area contributed by atoms with E-state index >= 15 is 0 Å². The SMILES string of the molecule is CC(=O)NC(N)C(N)=O. The Bertz CT molecular complexity index is 134. The maximum absolute atomic E-state index is 10.2. The molecule has 5 N–H and O–H groups in total. The van der Waals surface area contributed by atoms with E-state index in [1.807, 2.05) is 0 Å². The summed E-state index contributed by atoms with van der Waals surface area (Å²) in [6.07, 6.45) is -1.07. The Hall–Kier alpha value is -1.10. The molecule has 0 aromatic rings. The molecule has 1 unspecified atom stereocenters. The van der Waals surface area contributed by atoms with Crippen LogP contribution in [-0.4, -0.2) is 18.0 Å². The van der Waals surface area contributed by atoms with Gasteiger partial charge in [-0.15, -0.1) is 0 Å². The van der Waals surface area contributed by atoms with Gasteiger partial charge in [-0.25, -0.2) is 0 Å². The van der Waals surface area contributed by atoms with Crippen LogP contribution in [0, 0.1) is 0 Å². The standard InChI is InChI=1S/C4H9N3O2/c1-2(8)7-3(5)4(6)9/h3H,5H2,1H3,(H2,6,9)(H,7,8). The van der Waals surface area contributed by atoms with E-state index in [0.717, 1.165) is 0 Å². The molecule has 0 saturated carbocycles. The summed E-state index contributed by atoms with van der Waals surface area (Å²) in [6, 6.07) is 0. The van der Waals surface area contributed by atoms with Crippen LogP contribution >= 0.6 is 0 Å². The number of rotatable bonds is 2. The minimum atomic E-state index is -1.07. The Kier molecular flexibility index (Phi) is 2.66. The summed E-state index contributed by atoms with van der Waals surface area (Å²) in [4.78, 5) is 20.3. The number of nitrogens with one attached hydrogen (secondary N) is 1. The van der Waals surface area contributed by atoms with E-state index in [4.69, 9.17) is 11.5 Å². The zero-order valence-corrected chi connectivity index (χ0v) is 5.05. The Morgan fingerprint density at radius 3 is 2.11 bits per heavy atom. The molecule has 2 amide bonds. The van der Waals surface area contributed by atoms with Gasteiger partial charge in [-0.1, -0.05) is 0 Å². The van der Waals surface area contributed by atoms with Crippen molar-refractivity contribution >= 4 is 11.8 Å². The molecular weight excluding hydrogens is 122 g/mol. The summed E-state index contributed by atoms with van der Waals surface area (Å²) >= 11 is 0. The van der Waals surface area contributed by atoms with Gasteiger partial charge in [0.1, 0.15) is 0 Å². The van der Waals surface area contributed by atoms with E-state index in [-0.39, 0.29) is 5.91 Å². The average molecular weight is 131 g/mol. The largest absolute Gasteiger partial charge is 0.367 e. The third-order valence-electron chi connectivity index (χ3n) is 0.665. The topological polar surface area (TPSA) is 98.2 Å². The molecule has 0 aliphatic rings. The van der Waals surface area contributed by atoms with Crippen molar-refractivity contribution in [3.05, 3.63) is 0 Å². The molecule has 0 fully saturated rings. The van der Waals surface area contributed by atoms with E-state index < -0.39 is 12.1 Å². The van der Waals surface area contributed by atoms with Gasteiger partial charge in [0.2, 0.25) is 5.91 Å². The molecule has 9 heavy (non-hydrogen) atoms. The van der Waals surface area contributed by atoms with Crippen LogP contribution in [0.5, 0.6) is 0 Å². The molecule has 0 aromatic carbocycles. The number of hydrogen-bond donors (Lipinski definition) is 3. The van der Waals surface area contributed by atoms with Crippen LogP contribution < -0.4 is 16.8 Å². The molecule has 52 valence electrons. The maximum Gasteiger partial charge on any atom is 0.254 e. The lowest BCUT2D eigenvalue weighted by Gasteiger charge is -2.05. The second kappa shape index (κ2) is 3.03. The van der Waals surface area contributed by atoms with E-state index in [0.29, 0.717) is 0 Å². The fraction of sp³-hybridized carbons (Fsp3) is 0.500. The first-order chi connectivity index (χ1) is 4.04. The smallest absolute Gasteiger partial charge is 0.254 e.